The van der Waals surface area contributed by atoms with Crippen molar-refractivity contribution in [1.82, 2.24) is 0 Å². The molecule has 0 radical (unpaired) electrons. The number of non-ortho nitro benzene ring substituents is 1. The Morgan fingerprint density at radius 1 is 1.24 bits per heavy atom. The molecule has 0 amide bonds. The zero-order chi connectivity index (χ0) is 12.4. The molecule has 2 aromatic rings. The minimum Gasteiger partial charge on any atom is -0.459 e. The lowest BCUT2D eigenvalue weighted by Gasteiger charge is -2.00. The van der Waals surface area contributed by atoms with Gasteiger partial charge in [-0.3, -0.25) is 10.1 Å². The number of nitro benzene ring substituents is 1. The van der Waals surface area contributed by atoms with Gasteiger partial charge in [0, 0.05) is 17.7 Å². The summed E-state index contributed by atoms with van der Waals surface area (Å²) in [6.45, 7) is 1.83. The standard InChI is InChI=1S/C12H12N2O3/c1-8(13)11-6-7-12(17-11)9-2-4-10(5-3-9)14(15)16/h2-8H,13H2,1H3. The number of nitrogens with zero attached hydrogens (tertiary/aromatic N) is 1. The molecule has 5 nitrogen and oxygen atoms in total. The summed E-state index contributed by atoms with van der Waals surface area (Å²) >= 11 is 0. The summed E-state index contributed by atoms with van der Waals surface area (Å²) in [6, 6.07) is 9.65. The fourth-order valence-electron chi connectivity index (χ4n) is 1.50. The summed E-state index contributed by atoms with van der Waals surface area (Å²) < 4.78 is 5.54. The monoisotopic (exact) mass is 232 g/mol. The number of rotatable bonds is 3. The SMILES string of the molecule is CC(N)c1ccc(-c2ccc([N+](=O)[O-])cc2)o1. The van der Waals surface area contributed by atoms with E-state index < -0.39 is 4.92 Å². The molecule has 0 aliphatic rings. The molecule has 0 saturated carbocycles. The lowest BCUT2D eigenvalue weighted by Crippen LogP contribution is -2.02. The number of hydrogen-bond donors (Lipinski definition) is 1. The summed E-state index contributed by atoms with van der Waals surface area (Å²) in [4.78, 5) is 10.1. The topological polar surface area (TPSA) is 82.3 Å². The van der Waals surface area contributed by atoms with Gasteiger partial charge in [-0.05, 0) is 31.2 Å². The molecule has 17 heavy (non-hydrogen) atoms. The van der Waals surface area contributed by atoms with Crippen molar-refractivity contribution in [3.05, 3.63) is 52.3 Å². The molecule has 1 heterocycles. The molecule has 2 N–H and O–H groups in total. The largest absolute Gasteiger partial charge is 0.459 e. The van der Waals surface area contributed by atoms with Gasteiger partial charge in [0.15, 0.2) is 0 Å². The lowest BCUT2D eigenvalue weighted by atomic mass is 10.1. The van der Waals surface area contributed by atoms with Crippen LogP contribution in [0.15, 0.2) is 40.8 Å². The minimum atomic E-state index is -0.431. The summed E-state index contributed by atoms with van der Waals surface area (Å²) in [6.07, 6.45) is 0. The van der Waals surface area contributed by atoms with Gasteiger partial charge in [0.2, 0.25) is 0 Å². The highest BCUT2D eigenvalue weighted by atomic mass is 16.6. The highest BCUT2D eigenvalue weighted by Crippen LogP contribution is 2.26. The van der Waals surface area contributed by atoms with Gasteiger partial charge in [0.1, 0.15) is 11.5 Å². The van der Waals surface area contributed by atoms with E-state index in [4.69, 9.17) is 10.2 Å². The molecule has 1 aromatic heterocycles. The van der Waals surface area contributed by atoms with Crippen LogP contribution in [0.4, 0.5) is 5.69 Å². The molecule has 0 aliphatic heterocycles. The molecular weight excluding hydrogens is 220 g/mol. The van der Waals surface area contributed by atoms with E-state index in [9.17, 15) is 10.1 Å². The summed E-state index contributed by atoms with van der Waals surface area (Å²) in [5, 5.41) is 10.5. The van der Waals surface area contributed by atoms with Crippen LogP contribution in [0.25, 0.3) is 11.3 Å². The van der Waals surface area contributed by atoms with E-state index in [1.54, 1.807) is 24.3 Å². The van der Waals surface area contributed by atoms with Gasteiger partial charge in [0.25, 0.3) is 5.69 Å². The van der Waals surface area contributed by atoms with Gasteiger partial charge >= 0.3 is 0 Å². The molecule has 88 valence electrons. The highest BCUT2D eigenvalue weighted by Gasteiger charge is 2.09. The van der Waals surface area contributed by atoms with Crippen molar-refractivity contribution in [2.45, 2.75) is 13.0 Å². The van der Waals surface area contributed by atoms with E-state index in [-0.39, 0.29) is 11.7 Å². The van der Waals surface area contributed by atoms with Gasteiger partial charge in [-0.25, -0.2) is 0 Å². The van der Waals surface area contributed by atoms with Crippen molar-refractivity contribution >= 4 is 5.69 Å². The van der Waals surface area contributed by atoms with Gasteiger partial charge in [0.05, 0.1) is 11.0 Å². The zero-order valence-electron chi connectivity index (χ0n) is 9.29. The van der Waals surface area contributed by atoms with Crippen molar-refractivity contribution in [3.63, 3.8) is 0 Å². The van der Waals surface area contributed by atoms with Crippen LogP contribution in [-0.2, 0) is 0 Å². The van der Waals surface area contributed by atoms with Crippen LogP contribution in [0, 0.1) is 10.1 Å². The summed E-state index contributed by atoms with van der Waals surface area (Å²) in [5.74, 6) is 1.35. The number of hydrogen-bond acceptors (Lipinski definition) is 4. The van der Waals surface area contributed by atoms with Crippen molar-refractivity contribution in [1.29, 1.82) is 0 Å². The number of nitrogens with two attached hydrogens (primary N) is 1. The first-order chi connectivity index (χ1) is 8.08. The average Bonchev–Trinajstić information content (AvgIpc) is 2.78. The van der Waals surface area contributed by atoms with Crippen LogP contribution in [-0.4, -0.2) is 4.92 Å². The first-order valence-electron chi connectivity index (χ1n) is 5.18. The van der Waals surface area contributed by atoms with E-state index in [1.807, 2.05) is 6.92 Å². The van der Waals surface area contributed by atoms with Crippen LogP contribution < -0.4 is 5.73 Å². The Bertz CT molecular complexity index is 529. The predicted molar refractivity (Wildman–Crippen MR) is 63.4 cm³/mol. The van der Waals surface area contributed by atoms with Crippen molar-refractivity contribution in [2.75, 3.05) is 0 Å². The van der Waals surface area contributed by atoms with Crippen LogP contribution >= 0.6 is 0 Å². The number of benzene rings is 1. The molecule has 1 aromatic carbocycles. The molecule has 0 aliphatic carbocycles. The second-order valence-corrected chi connectivity index (χ2v) is 3.79. The Kier molecular flexibility index (Phi) is 2.93. The molecule has 0 bridgehead atoms. The van der Waals surface area contributed by atoms with Gasteiger partial charge in [-0.15, -0.1) is 0 Å². The maximum atomic E-state index is 10.5. The second-order valence-electron chi connectivity index (χ2n) is 3.79. The van der Waals surface area contributed by atoms with Gasteiger partial charge in [-0.2, -0.15) is 0 Å². The molecule has 0 spiro atoms. The van der Waals surface area contributed by atoms with E-state index in [0.717, 1.165) is 5.56 Å². The molecule has 1 atom stereocenters. The van der Waals surface area contributed by atoms with Crippen LogP contribution in [0.1, 0.15) is 18.7 Å². The third-order valence-corrected chi connectivity index (χ3v) is 2.44. The Morgan fingerprint density at radius 3 is 2.35 bits per heavy atom. The molecule has 0 saturated heterocycles. The quantitative estimate of drug-likeness (QED) is 0.651. The van der Waals surface area contributed by atoms with E-state index in [1.165, 1.54) is 12.1 Å². The maximum Gasteiger partial charge on any atom is 0.269 e. The van der Waals surface area contributed by atoms with Gasteiger partial charge in [-0.1, -0.05) is 0 Å². The van der Waals surface area contributed by atoms with Crippen molar-refractivity contribution in [2.24, 2.45) is 5.73 Å². The van der Waals surface area contributed by atoms with Crippen LogP contribution in [0.3, 0.4) is 0 Å². The third kappa shape index (κ3) is 2.34. The molecule has 1 unspecified atom stereocenters. The fraction of sp³-hybridized carbons (Fsp3) is 0.167. The summed E-state index contributed by atoms with van der Waals surface area (Å²) in [5.41, 5.74) is 6.54. The first-order valence-corrected chi connectivity index (χ1v) is 5.18. The highest BCUT2D eigenvalue weighted by molar-refractivity contribution is 5.59. The van der Waals surface area contributed by atoms with Crippen molar-refractivity contribution < 1.29 is 9.34 Å². The Labute approximate surface area is 98.0 Å². The average molecular weight is 232 g/mol. The Balaban J connectivity index is 2.30. The van der Waals surface area contributed by atoms with E-state index >= 15 is 0 Å². The smallest absolute Gasteiger partial charge is 0.269 e. The predicted octanol–water partition coefficient (Wildman–Crippen LogP) is 2.87. The summed E-state index contributed by atoms with van der Waals surface area (Å²) in [7, 11) is 0. The third-order valence-electron chi connectivity index (χ3n) is 2.44. The normalized spacial score (nSPS) is 12.4. The molecule has 2 rings (SSSR count). The van der Waals surface area contributed by atoms with Gasteiger partial charge < -0.3 is 10.2 Å². The van der Waals surface area contributed by atoms with E-state index in [0.29, 0.717) is 11.5 Å². The van der Waals surface area contributed by atoms with Crippen molar-refractivity contribution in [3.8, 4) is 11.3 Å². The zero-order valence-corrected chi connectivity index (χ0v) is 9.29. The lowest BCUT2D eigenvalue weighted by molar-refractivity contribution is -0.384. The Morgan fingerprint density at radius 2 is 1.88 bits per heavy atom. The molecule has 0 fully saturated rings. The maximum absolute atomic E-state index is 10.5. The number of furan rings is 1. The van der Waals surface area contributed by atoms with E-state index in [2.05, 4.69) is 0 Å². The fourth-order valence-corrected chi connectivity index (χ4v) is 1.50. The Hall–Kier alpha value is -2.14. The van der Waals surface area contributed by atoms with Crippen LogP contribution in [0.2, 0.25) is 0 Å². The first kappa shape index (κ1) is 11.3. The van der Waals surface area contributed by atoms with Crippen LogP contribution in [0.5, 0.6) is 0 Å². The molecular formula is C12H12N2O3. The second kappa shape index (κ2) is 4.39. The molecule has 5 heteroatoms. The minimum absolute atomic E-state index is 0.0627. The number of nitro groups is 1.